The molecule has 102 valence electrons. The van der Waals surface area contributed by atoms with Crippen LogP contribution in [-0.4, -0.2) is 25.7 Å². The number of nitrogens with two attached hydrogens (primary N) is 1. The van der Waals surface area contributed by atoms with Gasteiger partial charge in [-0.1, -0.05) is 23.5 Å². The average Bonchev–Trinajstić information content (AvgIpc) is 2.77. The van der Waals surface area contributed by atoms with Gasteiger partial charge in [0.2, 0.25) is 5.13 Å². The molecule has 1 aromatic heterocycles. The Morgan fingerprint density at radius 3 is 2.84 bits per heavy atom. The SMILES string of the molecule is COCc1cccc(NS(=O)(=O)c2nnc(N)s2)c1. The minimum atomic E-state index is -3.75. The number of sulfonamides is 1. The number of nitrogen functional groups attached to an aromatic ring is 1. The van der Waals surface area contributed by atoms with Crippen molar-refractivity contribution in [2.24, 2.45) is 0 Å². The van der Waals surface area contributed by atoms with E-state index in [0.717, 1.165) is 16.9 Å². The van der Waals surface area contributed by atoms with Crippen molar-refractivity contribution in [1.82, 2.24) is 10.2 Å². The summed E-state index contributed by atoms with van der Waals surface area (Å²) in [6.07, 6.45) is 0. The van der Waals surface area contributed by atoms with Crippen molar-refractivity contribution >= 4 is 32.2 Å². The molecule has 7 nitrogen and oxygen atoms in total. The van der Waals surface area contributed by atoms with Gasteiger partial charge in [-0.3, -0.25) is 4.72 Å². The van der Waals surface area contributed by atoms with Crippen LogP contribution < -0.4 is 10.5 Å². The normalized spacial score (nSPS) is 11.4. The van der Waals surface area contributed by atoms with Crippen LogP contribution in [-0.2, 0) is 21.4 Å². The number of methoxy groups -OCH3 is 1. The Bertz CT molecular complexity index is 669. The van der Waals surface area contributed by atoms with Crippen molar-refractivity contribution in [3.8, 4) is 0 Å². The standard InChI is InChI=1S/C10H12N4O3S2/c1-17-6-7-3-2-4-8(5-7)14-19(15,16)10-13-12-9(11)18-10/h2-5,14H,6H2,1H3,(H2,11,12). The molecule has 3 N–H and O–H groups in total. The van der Waals surface area contributed by atoms with E-state index in [9.17, 15) is 8.42 Å². The van der Waals surface area contributed by atoms with Crippen LogP contribution in [0.4, 0.5) is 10.8 Å². The quantitative estimate of drug-likeness (QED) is 0.855. The van der Waals surface area contributed by atoms with Crippen LogP contribution in [0.5, 0.6) is 0 Å². The molecule has 0 unspecified atom stereocenters. The number of rotatable bonds is 5. The Labute approximate surface area is 114 Å². The first-order valence-corrected chi connectivity index (χ1v) is 7.51. The van der Waals surface area contributed by atoms with Gasteiger partial charge in [0.15, 0.2) is 0 Å². The summed E-state index contributed by atoms with van der Waals surface area (Å²) in [5.41, 5.74) is 6.66. The lowest BCUT2D eigenvalue weighted by atomic mass is 10.2. The molecular weight excluding hydrogens is 288 g/mol. The maximum Gasteiger partial charge on any atom is 0.291 e. The van der Waals surface area contributed by atoms with E-state index in [1.165, 1.54) is 0 Å². The van der Waals surface area contributed by atoms with Crippen molar-refractivity contribution in [1.29, 1.82) is 0 Å². The zero-order valence-electron chi connectivity index (χ0n) is 10.0. The number of nitrogens with zero attached hydrogens (tertiary/aromatic N) is 2. The molecular formula is C10H12N4O3S2. The third-order valence-electron chi connectivity index (χ3n) is 2.14. The van der Waals surface area contributed by atoms with Gasteiger partial charge in [0.1, 0.15) is 0 Å². The topological polar surface area (TPSA) is 107 Å². The van der Waals surface area contributed by atoms with Crippen LogP contribution in [0.3, 0.4) is 0 Å². The maximum absolute atomic E-state index is 12.0. The molecule has 0 saturated heterocycles. The van der Waals surface area contributed by atoms with Crippen LogP contribution >= 0.6 is 11.3 Å². The highest BCUT2D eigenvalue weighted by Crippen LogP contribution is 2.21. The molecule has 0 aliphatic carbocycles. The first kappa shape index (κ1) is 13.7. The summed E-state index contributed by atoms with van der Waals surface area (Å²) in [6, 6.07) is 6.90. The van der Waals surface area contributed by atoms with E-state index in [1.54, 1.807) is 25.3 Å². The van der Waals surface area contributed by atoms with Gasteiger partial charge in [-0.2, -0.15) is 8.42 Å². The van der Waals surface area contributed by atoms with Gasteiger partial charge in [-0.15, -0.1) is 10.2 Å². The van der Waals surface area contributed by atoms with Crippen LogP contribution in [0.1, 0.15) is 5.56 Å². The first-order chi connectivity index (χ1) is 9.01. The zero-order chi connectivity index (χ0) is 13.9. The Morgan fingerprint density at radius 2 is 2.21 bits per heavy atom. The largest absolute Gasteiger partial charge is 0.380 e. The van der Waals surface area contributed by atoms with Gasteiger partial charge in [-0.05, 0) is 17.7 Å². The summed E-state index contributed by atoms with van der Waals surface area (Å²) in [6.45, 7) is 0.404. The molecule has 2 aromatic rings. The van der Waals surface area contributed by atoms with Crippen LogP contribution in [0.2, 0.25) is 0 Å². The van der Waals surface area contributed by atoms with E-state index < -0.39 is 10.0 Å². The van der Waals surface area contributed by atoms with E-state index in [-0.39, 0.29) is 9.47 Å². The molecule has 0 atom stereocenters. The smallest absolute Gasteiger partial charge is 0.291 e. The fraction of sp³-hybridized carbons (Fsp3) is 0.200. The molecule has 0 aliphatic heterocycles. The van der Waals surface area contributed by atoms with Gasteiger partial charge >= 0.3 is 0 Å². The lowest BCUT2D eigenvalue weighted by molar-refractivity contribution is 0.185. The second-order valence-corrected chi connectivity index (χ2v) is 6.51. The number of anilines is 2. The van der Waals surface area contributed by atoms with Crippen LogP contribution in [0.15, 0.2) is 28.6 Å². The molecule has 0 aliphatic rings. The molecule has 0 spiro atoms. The molecule has 0 fully saturated rings. The highest BCUT2D eigenvalue weighted by atomic mass is 32.2. The Kier molecular flexibility index (Phi) is 3.98. The van der Waals surface area contributed by atoms with E-state index in [2.05, 4.69) is 14.9 Å². The molecule has 0 radical (unpaired) electrons. The first-order valence-electron chi connectivity index (χ1n) is 5.21. The Balaban J connectivity index is 2.23. The number of benzene rings is 1. The fourth-order valence-corrected chi connectivity index (χ4v) is 3.25. The fourth-order valence-electron chi connectivity index (χ4n) is 1.42. The Morgan fingerprint density at radius 1 is 1.42 bits per heavy atom. The summed E-state index contributed by atoms with van der Waals surface area (Å²) in [4.78, 5) is 0. The minimum Gasteiger partial charge on any atom is -0.380 e. The summed E-state index contributed by atoms with van der Waals surface area (Å²) >= 11 is 0.809. The van der Waals surface area contributed by atoms with Gasteiger partial charge < -0.3 is 10.5 Å². The third-order valence-corrected chi connectivity index (χ3v) is 4.64. The molecule has 9 heteroatoms. The molecule has 2 rings (SSSR count). The second kappa shape index (κ2) is 5.51. The predicted octanol–water partition coefficient (Wildman–Crippen LogP) is 1.07. The Hall–Kier alpha value is -1.71. The van der Waals surface area contributed by atoms with Gasteiger partial charge in [0.25, 0.3) is 14.4 Å². The number of hydrogen-bond donors (Lipinski definition) is 2. The zero-order valence-corrected chi connectivity index (χ0v) is 11.7. The number of aromatic nitrogens is 2. The van der Waals surface area contributed by atoms with Crippen molar-refractivity contribution in [2.45, 2.75) is 10.9 Å². The minimum absolute atomic E-state index is 0.105. The van der Waals surface area contributed by atoms with Crippen LogP contribution in [0.25, 0.3) is 0 Å². The van der Waals surface area contributed by atoms with Crippen molar-refractivity contribution in [2.75, 3.05) is 17.6 Å². The van der Waals surface area contributed by atoms with E-state index >= 15 is 0 Å². The number of hydrogen-bond acceptors (Lipinski definition) is 7. The summed E-state index contributed by atoms with van der Waals surface area (Å²) in [5.74, 6) is 0. The molecule has 0 bridgehead atoms. The number of ether oxygens (including phenoxy) is 1. The lowest BCUT2D eigenvalue weighted by Crippen LogP contribution is -2.12. The maximum atomic E-state index is 12.0. The van der Waals surface area contributed by atoms with Gasteiger partial charge in [-0.25, -0.2) is 0 Å². The average molecular weight is 300 g/mol. The third kappa shape index (κ3) is 3.40. The lowest BCUT2D eigenvalue weighted by Gasteiger charge is -2.06. The highest BCUT2D eigenvalue weighted by Gasteiger charge is 2.19. The van der Waals surface area contributed by atoms with Crippen molar-refractivity contribution in [3.63, 3.8) is 0 Å². The monoisotopic (exact) mass is 300 g/mol. The summed E-state index contributed by atoms with van der Waals surface area (Å²) in [7, 11) is -2.18. The second-order valence-electron chi connectivity index (χ2n) is 3.65. The van der Waals surface area contributed by atoms with Crippen molar-refractivity contribution < 1.29 is 13.2 Å². The summed E-state index contributed by atoms with van der Waals surface area (Å²) < 4.78 is 31.2. The number of nitrogens with one attached hydrogen (secondary N) is 1. The van der Waals surface area contributed by atoms with E-state index in [1.807, 2.05) is 6.07 Å². The van der Waals surface area contributed by atoms with Gasteiger partial charge in [0, 0.05) is 12.8 Å². The van der Waals surface area contributed by atoms with Crippen molar-refractivity contribution in [3.05, 3.63) is 29.8 Å². The predicted molar refractivity (Wildman–Crippen MR) is 72.3 cm³/mol. The molecule has 0 saturated carbocycles. The molecule has 1 heterocycles. The summed E-state index contributed by atoms with van der Waals surface area (Å²) in [5, 5.41) is 7.09. The van der Waals surface area contributed by atoms with Gasteiger partial charge in [0.05, 0.1) is 6.61 Å². The van der Waals surface area contributed by atoms with E-state index in [0.29, 0.717) is 12.3 Å². The molecule has 19 heavy (non-hydrogen) atoms. The molecule has 0 amide bonds. The van der Waals surface area contributed by atoms with Crippen LogP contribution in [0, 0.1) is 0 Å². The van der Waals surface area contributed by atoms with E-state index in [4.69, 9.17) is 10.5 Å². The molecule has 1 aromatic carbocycles. The highest BCUT2D eigenvalue weighted by molar-refractivity contribution is 7.94.